The van der Waals surface area contributed by atoms with Crippen molar-refractivity contribution < 1.29 is 8.42 Å². The zero-order valence-electron chi connectivity index (χ0n) is 15.5. The summed E-state index contributed by atoms with van der Waals surface area (Å²) in [5, 5.41) is 4.76. The molecule has 24 heavy (non-hydrogen) atoms. The standard InChI is InChI=1S/C18H31N3O2S/c1-14-9-7-8-12-21(14)24(22,23)16-13-20(15-10-5-6-11-15)19-17(16)18(2,3)4/h13-15H,5-12H2,1-4H3. The molecule has 1 saturated heterocycles. The van der Waals surface area contributed by atoms with Crippen LogP contribution >= 0.6 is 0 Å². The van der Waals surface area contributed by atoms with Crippen LogP contribution in [0.4, 0.5) is 0 Å². The number of aromatic nitrogens is 2. The molecule has 1 saturated carbocycles. The fourth-order valence-electron chi connectivity index (χ4n) is 3.99. The minimum absolute atomic E-state index is 0.0754. The largest absolute Gasteiger partial charge is 0.268 e. The van der Waals surface area contributed by atoms with Crippen molar-refractivity contribution in [2.45, 2.75) is 95.0 Å². The molecule has 136 valence electrons. The van der Waals surface area contributed by atoms with Gasteiger partial charge in [-0.15, -0.1) is 0 Å². The van der Waals surface area contributed by atoms with E-state index in [0.29, 0.717) is 23.2 Å². The van der Waals surface area contributed by atoms with Gasteiger partial charge >= 0.3 is 0 Å². The molecule has 0 amide bonds. The lowest BCUT2D eigenvalue weighted by Crippen LogP contribution is -2.42. The van der Waals surface area contributed by atoms with E-state index in [1.165, 1.54) is 12.8 Å². The highest BCUT2D eigenvalue weighted by Gasteiger charge is 2.37. The van der Waals surface area contributed by atoms with Gasteiger partial charge in [0.1, 0.15) is 4.90 Å². The van der Waals surface area contributed by atoms with Gasteiger partial charge in [0.2, 0.25) is 10.0 Å². The maximum atomic E-state index is 13.4. The summed E-state index contributed by atoms with van der Waals surface area (Å²) in [7, 11) is -3.48. The molecule has 1 atom stereocenters. The predicted octanol–water partition coefficient (Wildman–Crippen LogP) is 3.86. The van der Waals surface area contributed by atoms with Crippen LogP contribution in [0.3, 0.4) is 0 Å². The molecule has 1 aliphatic heterocycles. The fourth-order valence-corrected chi connectivity index (χ4v) is 6.03. The van der Waals surface area contributed by atoms with Crippen LogP contribution < -0.4 is 0 Å². The van der Waals surface area contributed by atoms with E-state index in [4.69, 9.17) is 5.10 Å². The van der Waals surface area contributed by atoms with Gasteiger partial charge in [0.25, 0.3) is 0 Å². The monoisotopic (exact) mass is 353 g/mol. The van der Waals surface area contributed by atoms with Crippen molar-refractivity contribution in [1.29, 1.82) is 0 Å². The Morgan fingerprint density at radius 2 is 1.71 bits per heavy atom. The summed E-state index contributed by atoms with van der Waals surface area (Å²) in [6, 6.07) is 0.431. The maximum Gasteiger partial charge on any atom is 0.246 e. The SMILES string of the molecule is CC1CCCCN1S(=O)(=O)c1cn(C2CCCC2)nc1C(C)(C)C. The molecule has 0 radical (unpaired) electrons. The summed E-state index contributed by atoms with van der Waals surface area (Å²) in [4.78, 5) is 0.427. The summed E-state index contributed by atoms with van der Waals surface area (Å²) in [5.74, 6) is 0. The highest BCUT2D eigenvalue weighted by atomic mass is 32.2. The Balaban J connectivity index is 2.04. The Labute approximate surface area is 146 Å². The number of sulfonamides is 1. The van der Waals surface area contributed by atoms with Crippen molar-refractivity contribution in [2.75, 3.05) is 6.54 Å². The van der Waals surface area contributed by atoms with E-state index in [9.17, 15) is 8.42 Å². The molecule has 1 aromatic heterocycles. The fraction of sp³-hybridized carbons (Fsp3) is 0.833. The molecule has 5 nitrogen and oxygen atoms in total. The molecule has 1 unspecified atom stereocenters. The first-order valence-corrected chi connectivity index (χ1v) is 10.8. The van der Waals surface area contributed by atoms with Crippen LogP contribution in [-0.4, -0.2) is 35.1 Å². The van der Waals surface area contributed by atoms with Crippen LogP contribution in [-0.2, 0) is 15.4 Å². The van der Waals surface area contributed by atoms with Gasteiger partial charge in [0, 0.05) is 24.2 Å². The third-order valence-electron chi connectivity index (χ3n) is 5.44. The Morgan fingerprint density at radius 3 is 2.29 bits per heavy atom. The number of hydrogen-bond donors (Lipinski definition) is 0. The van der Waals surface area contributed by atoms with Gasteiger partial charge in [-0.25, -0.2) is 8.42 Å². The second-order valence-electron chi connectivity index (χ2n) is 8.47. The van der Waals surface area contributed by atoms with Crippen LogP contribution in [0.2, 0.25) is 0 Å². The first kappa shape index (κ1) is 17.9. The molecule has 6 heteroatoms. The third-order valence-corrected chi connectivity index (χ3v) is 7.45. The van der Waals surface area contributed by atoms with E-state index in [1.54, 1.807) is 4.31 Å². The molecule has 1 aromatic rings. The van der Waals surface area contributed by atoms with Crippen LogP contribution in [0.25, 0.3) is 0 Å². The van der Waals surface area contributed by atoms with Crippen molar-refractivity contribution in [3.05, 3.63) is 11.9 Å². The second kappa shape index (κ2) is 6.45. The minimum atomic E-state index is -3.48. The third kappa shape index (κ3) is 3.27. The number of nitrogens with zero attached hydrogens (tertiary/aromatic N) is 3. The van der Waals surface area contributed by atoms with Crippen LogP contribution in [0, 0.1) is 0 Å². The lowest BCUT2D eigenvalue weighted by atomic mass is 9.92. The molecule has 1 aliphatic carbocycles. The van der Waals surface area contributed by atoms with Gasteiger partial charge in [-0.1, -0.05) is 40.0 Å². The quantitative estimate of drug-likeness (QED) is 0.829. The molecule has 0 bridgehead atoms. The van der Waals surface area contributed by atoms with Crippen molar-refractivity contribution in [2.24, 2.45) is 0 Å². The van der Waals surface area contributed by atoms with E-state index in [2.05, 4.69) is 0 Å². The molecule has 0 N–H and O–H groups in total. The highest BCUT2D eigenvalue weighted by Crippen LogP contribution is 2.36. The smallest absolute Gasteiger partial charge is 0.246 e. The van der Waals surface area contributed by atoms with Gasteiger partial charge < -0.3 is 0 Å². The Morgan fingerprint density at radius 1 is 1.08 bits per heavy atom. The minimum Gasteiger partial charge on any atom is -0.268 e. The van der Waals surface area contributed by atoms with Crippen LogP contribution in [0.5, 0.6) is 0 Å². The summed E-state index contributed by atoms with van der Waals surface area (Å²) in [6.07, 6.45) is 9.44. The average Bonchev–Trinajstić information content (AvgIpc) is 3.16. The molecule has 2 heterocycles. The van der Waals surface area contributed by atoms with Gasteiger partial charge in [0.05, 0.1) is 11.7 Å². The summed E-state index contributed by atoms with van der Waals surface area (Å²) < 4.78 is 30.4. The molecular formula is C18H31N3O2S. The summed E-state index contributed by atoms with van der Waals surface area (Å²) in [6.45, 7) is 8.80. The molecule has 2 fully saturated rings. The zero-order valence-corrected chi connectivity index (χ0v) is 16.3. The zero-order chi connectivity index (χ0) is 17.5. The van der Waals surface area contributed by atoms with E-state index in [0.717, 1.165) is 32.1 Å². The van der Waals surface area contributed by atoms with Gasteiger partial charge in [0.15, 0.2) is 0 Å². The molecule has 3 rings (SSSR count). The Hall–Kier alpha value is -0.880. The van der Waals surface area contributed by atoms with Crippen LogP contribution in [0.15, 0.2) is 11.1 Å². The molecule has 0 aromatic carbocycles. The summed E-state index contributed by atoms with van der Waals surface area (Å²) >= 11 is 0. The highest BCUT2D eigenvalue weighted by molar-refractivity contribution is 7.89. The van der Waals surface area contributed by atoms with Gasteiger partial charge in [-0.3, -0.25) is 4.68 Å². The first-order chi connectivity index (χ1) is 11.2. The predicted molar refractivity (Wildman–Crippen MR) is 95.6 cm³/mol. The average molecular weight is 354 g/mol. The lowest BCUT2D eigenvalue weighted by Gasteiger charge is -2.32. The first-order valence-electron chi connectivity index (χ1n) is 9.33. The van der Waals surface area contributed by atoms with Crippen molar-refractivity contribution in [3.63, 3.8) is 0 Å². The Bertz CT molecular complexity index is 682. The molecule has 2 aliphatic rings. The maximum absolute atomic E-state index is 13.4. The summed E-state index contributed by atoms with van der Waals surface area (Å²) in [5.41, 5.74) is 0.429. The van der Waals surface area contributed by atoms with Gasteiger partial charge in [-0.2, -0.15) is 9.40 Å². The molecule has 0 spiro atoms. The lowest BCUT2D eigenvalue weighted by molar-refractivity contribution is 0.268. The Kier molecular flexibility index (Phi) is 4.82. The van der Waals surface area contributed by atoms with Gasteiger partial charge in [-0.05, 0) is 32.6 Å². The number of hydrogen-bond acceptors (Lipinski definition) is 3. The number of piperidine rings is 1. The van der Waals surface area contributed by atoms with E-state index in [1.807, 2.05) is 38.6 Å². The number of rotatable bonds is 3. The van der Waals surface area contributed by atoms with E-state index < -0.39 is 10.0 Å². The van der Waals surface area contributed by atoms with Crippen molar-refractivity contribution >= 4 is 10.0 Å². The van der Waals surface area contributed by atoms with Crippen LogP contribution in [0.1, 0.15) is 84.4 Å². The van der Waals surface area contributed by atoms with E-state index in [-0.39, 0.29) is 11.5 Å². The van der Waals surface area contributed by atoms with Crippen molar-refractivity contribution in [3.8, 4) is 0 Å². The topological polar surface area (TPSA) is 55.2 Å². The van der Waals surface area contributed by atoms with E-state index >= 15 is 0 Å². The second-order valence-corrected chi connectivity index (χ2v) is 10.3. The van der Waals surface area contributed by atoms with Crippen molar-refractivity contribution in [1.82, 2.24) is 14.1 Å². The normalized spacial score (nSPS) is 24.6. The molecular weight excluding hydrogens is 322 g/mol.